The second kappa shape index (κ2) is 25.6. The average molecular weight is 524 g/mol. The number of thioether (sulfide) groups is 1. The van der Waals surface area contributed by atoms with E-state index in [1.54, 1.807) is 0 Å². The fourth-order valence-corrected chi connectivity index (χ4v) is 3.65. The van der Waals surface area contributed by atoms with Gasteiger partial charge in [0.15, 0.2) is 5.44 Å². The summed E-state index contributed by atoms with van der Waals surface area (Å²) in [6, 6.07) is 0. The maximum atomic E-state index is 10.4. The molecule has 1 radical (unpaired) electrons. The molecular weight excluding hydrogens is 475 g/mol. The third kappa shape index (κ3) is 31.3. The molecule has 169 valence electrons. The molecule has 2 N–H and O–H groups in total. The summed E-state index contributed by atoms with van der Waals surface area (Å²) in [6.45, 7) is 2.27. The standard InChI is InChI=1S/C20H40O3S.3CH3.Sn/c1-2-3-4-5-6-7-8-9-10-11-12-13-14-15-16-17-18-24-20(23)19(21)22;;;;/h20,23H,2-18H2,1H3,(H,21,22);3*1H3;. The van der Waals surface area contributed by atoms with Crippen molar-refractivity contribution in [2.45, 2.75) is 130 Å². The van der Waals surface area contributed by atoms with Crippen LogP contribution < -0.4 is 0 Å². The van der Waals surface area contributed by atoms with Gasteiger partial charge in [-0.15, -0.1) is 11.8 Å². The zero-order valence-electron chi connectivity index (χ0n) is 19.3. The van der Waals surface area contributed by atoms with Crippen molar-refractivity contribution >= 4 is 37.5 Å². The van der Waals surface area contributed by atoms with Crippen molar-refractivity contribution in [1.82, 2.24) is 0 Å². The van der Waals surface area contributed by atoms with Crippen molar-refractivity contribution in [3.05, 3.63) is 0 Å². The van der Waals surface area contributed by atoms with Crippen LogP contribution in [0.15, 0.2) is 0 Å². The first kappa shape index (κ1) is 30.8. The summed E-state index contributed by atoms with van der Waals surface area (Å²) in [7, 11) is 0. The number of aliphatic hydroxyl groups is 1. The van der Waals surface area contributed by atoms with Gasteiger partial charge < -0.3 is 10.2 Å². The Hall–Kier alpha value is 0.579. The molecule has 0 aromatic carbocycles. The number of aliphatic carboxylic acids is 1. The van der Waals surface area contributed by atoms with E-state index in [9.17, 15) is 4.79 Å². The molecule has 5 heteroatoms. The Morgan fingerprint density at radius 3 is 1.29 bits per heavy atom. The van der Waals surface area contributed by atoms with Crippen molar-refractivity contribution in [1.29, 1.82) is 0 Å². The molecule has 28 heavy (non-hydrogen) atoms. The summed E-state index contributed by atoms with van der Waals surface area (Å²) in [4.78, 5) is 17.5. The SMILES string of the molecule is CCCCCCCCCCCCCCCCCCSC(O)C(=O)O.[CH3][Sn]([CH3])[CH3]. The number of hydrogen-bond acceptors (Lipinski definition) is 3. The van der Waals surface area contributed by atoms with Crippen LogP contribution in [0, 0.1) is 0 Å². The molecule has 0 saturated carbocycles. The normalized spacial score (nSPS) is 11.9. The predicted octanol–water partition coefficient (Wildman–Crippen LogP) is 7.75. The summed E-state index contributed by atoms with van der Waals surface area (Å²) in [5.74, 6) is -0.386. The molecule has 1 atom stereocenters. The molecule has 0 aliphatic carbocycles. The molecule has 0 spiro atoms. The van der Waals surface area contributed by atoms with E-state index in [1.165, 1.54) is 89.9 Å². The molecule has 0 aliphatic heterocycles. The van der Waals surface area contributed by atoms with E-state index in [0.29, 0.717) is 0 Å². The van der Waals surface area contributed by atoms with Crippen LogP contribution in [0.1, 0.15) is 110 Å². The van der Waals surface area contributed by atoms with Crippen molar-refractivity contribution in [3.8, 4) is 0 Å². The summed E-state index contributed by atoms with van der Waals surface area (Å²) >= 11 is 0.584. The molecule has 0 aliphatic rings. The van der Waals surface area contributed by atoms with Crippen LogP contribution in [0.3, 0.4) is 0 Å². The van der Waals surface area contributed by atoms with Gasteiger partial charge in [-0.25, -0.2) is 4.79 Å². The van der Waals surface area contributed by atoms with E-state index >= 15 is 0 Å². The molecule has 0 amide bonds. The summed E-state index contributed by atoms with van der Waals surface area (Å²) in [6.07, 6.45) is 21.5. The average Bonchev–Trinajstić information content (AvgIpc) is 2.63. The van der Waals surface area contributed by atoms with Gasteiger partial charge in [-0.2, -0.15) is 0 Å². The van der Waals surface area contributed by atoms with E-state index in [0.717, 1.165) is 30.4 Å². The molecular formula is C23H49O3SSn. The van der Waals surface area contributed by atoms with Crippen LogP contribution in [0.25, 0.3) is 0 Å². The number of carbonyl (C=O) groups is 1. The Morgan fingerprint density at radius 1 is 0.714 bits per heavy atom. The molecule has 0 bridgehead atoms. The van der Waals surface area contributed by atoms with Crippen molar-refractivity contribution in [3.63, 3.8) is 0 Å². The summed E-state index contributed by atoms with van der Waals surface area (Å²) in [5.41, 5.74) is -1.25. The van der Waals surface area contributed by atoms with E-state index in [-0.39, 0.29) is 0 Å². The maximum absolute atomic E-state index is 10.4. The second-order valence-corrected chi connectivity index (χ2v) is 18.1. The minimum atomic E-state index is -1.25. The van der Waals surface area contributed by atoms with Crippen molar-refractivity contribution < 1.29 is 15.0 Å². The van der Waals surface area contributed by atoms with Crippen LogP contribution in [0.4, 0.5) is 0 Å². The molecule has 0 fully saturated rings. The Kier molecular flexibility index (Phi) is 28.1. The van der Waals surface area contributed by atoms with Crippen molar-refractivity contribution in [2.24, 2.45) is 0 Å². The second-order valence-electron chi connectivity index (χ2n) is 8.36. The monoisotopic (exact) mass is 525 g/mol. The van der Waals surface area contributed by atoms with Gasteiger partial charge in [0, 0.05) is 0 Å². The molecule has 0 saturated heterocycles. The Labute approximate surface area is 187 Å². The van der Waals surface area contributed by atoms with Gasteiger partial charge in [0.1, 0.15) is 0 Å². The topological polar surface area (TPSA) is 57.5 Å². The zero-order valence-corrected chi connectivity index (χ0v) is 23.0. The van der Waals surface area contributed by atoms with Gasteiger partial charge in [-0.3, -0.25) is 0 Å². The summed E-state index contributed by atoms with van der Waals surface area (Å²) in [5, 5.41) is 17.7. The van der Waals surface area contributed by atoms with Crippen LogP contribution in [0.2, 0.25) is 14.8 Å². The third-order valence-corrected chi connectivity index (χ3v) is 5.53. The zero-order chi connectivity index (χ0) is 21.5. The quantitative estimate of drug-likeness (QED) is 0.103. The Morgan fingerprint density at radius 2 is 1.00 bits per heavy atom. The first-order valence-electron chi connectivity index (χ1n) is 11.7. The first-order chi connectivity index (χ1) is 13.4. The van der Waals surface area contributed by atoms with Crippen LogP contribution >= 0.6 is 11.8 Å². The molecule has 0 aromatic heterocycles. The number of hydrogen-bond donors (Lipinski definition) is 2. The van der Waals surface area contributed by atoms with Gasteiger partial charge in [0.25, 0.3) is 0 Å². The van der Waals surface area contributed by atoms with Gasteiger partial charge >= 0.3 is 40.5 Å². The number of aliphatic hydroxyl groups excluding tert-OH is 1. The van der Waals surface area contributed by atoms with E-state index in [4.69, 9.17) is 10.2 Å². The first-order valence-corrected chi connectivity index (χ1v) is 21.3. The third-order valence-electron chi connectivity index (χ3n) is 4.48. The Bertz CT molecular complexity index is 311. The number of carboxylic acids is 1. The minimum absolute atomic E-state index is 0.543. The fraction of sp³-hybridized carbons (Fsp3) is 0.957. The van der Waals surface area contributed by atoms with E-state index in [2.05, 4.69) is 21.7 Å². The van der Waals surface area contributed by atoms with Crippen LogP contribution in [0.5, 0.6) is 0 Å². The Balaban J connectivity index is 0. The fourth-order valence-electron chi connectivity index (χ4n) is 2.92. The van der Waals surface area contributed by atoms with Gasteiger partial charge in [-0.1, -0.05) is 103 Å². The van der Waals surface area contributed by atoms with E-state index in [1.807, 2.05) is 0 Å². The number of unbranched alkanes of at least 4 members (excludes halogenated alkanes) is 15. The van der Waals surface area contributed by atoms with Gasteiger partial charge in [0.2, 0.25) is 0 Å². The number of rotatable bonds is 19. The van der Waals surface area contributed by atoms with Crippen molar-refractivity contribution in [2.75, 3.05) is 5.75 Å². The van der Waals surface area contributed by atoms with Gasteiger partial charge in [-0.05, 0) is 12.2 Å². The van der Waals surface area contributed by atoms with Crippen LogP contribution in [-0.4, -0.2) is 47.1 Å². The molecule has 0 heterocycles. The van der Waals surface area contributed by atoms with E-state index < -0.39 is 31.2 Å². The number of carboxylic acid groups (broad SMARTS) is 1. The molecule has 1 unspecified atom stereocenters. The molecule has 0 aromatic rings. The van der Waals surface area contributed by atoms with Gasteiger partial charge in [0.05, 0.1) is 0 Å². The van der Waals surface area contributed by atoms with Crippen LogP contribution in [-0.2, 0) is 4.79 Å². The summed E-state index contributed by atoms with van der Waals surface area (Å²) < 4.78 is 0. The molecule has 0 rings (SSSR count). The molecule has 3 nitrogen and oxygen atoms in total. The predicted molar refractivity (Wildman–Crippen MR) is 129 cm³/mol.